The molecule has 6 unspecified atom stereocenters. The molecule has 0 amide bonds. The van der Waals surface area contributed by atoms with Gasteiger partial charge in [0.15, 0.2) is 6.29 Å². The molecule has 0 aromatic rings. The lowest BCUT2D eigenvalue weighted by Gasteiger charge is -2.39. The molecule has 0 radical (unpaired) electrons. The predicted molar refractivity (Wildman–Crippen MR) is 274 cm³/mol. The zero-order chi connectivity index (χ0) is 47.8. The first-order valence-electron chi connectivity index (χ1n) is 27.4. The highest BCUT2D eigenvalue weighted by Crippen LogP contribution is 2.23. The zero-order valence-corrected chi connectivity index (χ0v) is 42.4. The van der Waals surface area contributed by atoms with E-state index in [2.05, 4.69) is 74.6 Å². The highest BCUT2D eigenvalue weighted by atomic mass is 16.7. The van der Waals surface area contributed by atoms with Gasteiger partial charge < -0.3 is 39.4 Å². The number of aliphatic hydroxyl groups is 4. The molecule has 1 saturated heterocycles. The molecule has 66 heavy (non-hydrogen) atoms. The van der Waals surface area contributed by atoms with Crippen LogP contribution >= 0.6 is 0 Å². The Morgan fingerprint density at radius 1 is 0.485 bits per heavy atom. The van der Waals surface area contributed by atoms with Crippen LogP contribution in [-0.2, 0) is 23.7 Å². The summed E-state index contributed by atoms with van der Waals surface area (Å²) in [5, 5.41) is 40.3. The molecule has 9 heteroatoms. The van der Waals surface area contributed by atoms with E-state index >= 15 is 0 Å². The van der Waals surface area contributed by atoms with Gasteiger partial charge in [-0.2, -0.15) is 0 Å². The fourth-order valence-electron chi connectivity index (χ4n) is 8.12. The summed E-state index contributed by atoms with van der Waals surface area (Å²) >= 11 is 0. The second kappa shape index (κ2) is 47.9. The maximum Gasteiger partial charge on any atom is 0.306 e. The van der Waals surface area contributed by atoms with Gasteiger partial charge in [-0.3, -0.25) is 4.79 Å². The zero-order valence-electron chi connectivity index (χ0n) is 42.4. The fraction of sp³-hybridized carbons (Fsp3) is 0.807. The minimum absolute atomic E-state index is 0.121. The topological polar surface area (TPSA) is 135 Å². The molecule has 0 bridgehead atoms. The standard InChI is InChI=1S/C57H102O9/c1-3-5-7-9-11-13-15-17-19-21-23-25-27-29-31-33-35-37-39-41-43-45-47-63-49-51(50-64-57-56(62)55(61)54(60)52(48-58)66-57)65-53(59)46-44-42-40-38-36-34-32-30-28-26-24-22-20-18-16-14-12-10-8-6-4-2/h15-18,21-24,27,29,51-52,54-58,60-62H,3-14,19-20,25-26,28,30-50H2,1-2H3/b17-15-,18-16-,23-21-,24-22-,29-27-. The first-order valence-corrected chi connectivity index (χ1v) is 27.4. The summed E-state index contributed by atoms with van der Waals surface area (Å²) in [6.07, 6.45) is 55.4. The number of rotatable bonds is 47. The molecule has 0 spiro atoms. The van der Waals surface area contributed by atoms with Crippen molar-refractivity contribution in [1.29, 1.82) is 0 Å². The predicted octanol–water partition coefficient (Wildman–Crippen LogP) is 13.8. The van der Waals surface area contributed by atoms with E-state index in [-0.39, 0.29) is 19.2 Å². The number of hydrogen-bond acceptors (Lipinski definition) is 9. The molecule has 6 atom stereocenters. The van der Waals surface area contributed by atoms with Crippen molar-refractivity contribution in [1.82, 2.24) is 0 Å². The Kier molecular flexibility index (Phi) is 45.0. The van der Waals surface area contributed by atoms with Gasteiger partial charge in [-0.15, -0.1) is 0 Å². The van der Waals surface area contributed by atoms with Crippen LogP contribution in [0.1, 0.15) is 232 Å². The van der Waals surface area contributed by atoms with Crippen molar-refractivity contribution in [2.24, 2.45) is 0 Å². The third-order valence-corrected chi connectivity index (χ3v) is 12.4. The largest absolute Gasteiger partial charge is 0.457 e. The van der Waals surface area contributed by atoms with Crippen LogP contribution in [-0.4, -0.2) is 89.6 Å². The Hall–Kier alpha value is -2.11. The summed E-state index contributed by atoms with van der Waals surface area (Å²) < 4.78 is 22.9. The molecule has 0 aromatic carbocycles. The number of ether oxygens (including phenoxy) is 4. The van der Waals surface area contributed by atoms with Gasteiger partial charge in [0.25, 0.3) is 0 Å². The second-order valence-electron chi connectivity index (χ2n) is 18.7. The highest BCUT2D eigenvalue weighted by Gasteiger charge is 2.44. The molecule has 0 aliphatic carbocycles. The van der Waals surface area contributed by atoms with E-state index < -0.39 is 43.4 Å². The minimum Gasteiger partial charge on any atom is -0.457 e. The molecular formula is C57H102O9. The number of carbonyl (C=O) groups excluding carboxylic acids is 1. The summed E-state index contributed by atoms with van der Waals surface area (Å²) in [4.78, 5) is 12.9. The average Bonchev–Trinajstić information content (AvgIpc) is 3.32. The Morgan fingerprint density at radius 3 is 1.32 bits per heavy atom. The van der Waals surface area contributed by atoms with Crippen LogP contribution in [0.4, 0.5) is 0 Å². The van der Waals surface area contributed by atoms with Crippen molar-refractivity contribution >= 4 is 5.97 Å². The molecule has 1 rings (SSSR count). The molecule has 1 aliphatic rings. The van der Waals surface area contributed by atoms with Crippen molar-refractivity contribution in [3.8, 4) is 0 Å². The first-order chi connectivity index (χ1) is 32.4. The molecule has 0 saturated carbocycles. The number of esters is 1. The first kappa shape index (κ1) is 61.9. The number of carbonyl (C=O) groups is 1. The van der Waals surface area contributed by atoms with Crippen LogP contribution in [0.25, 0.3) is 0 Å². The van der Waals surface area contributed by atoms with E-state index in [1.54, 1.807) is 0 Å². The maximum absolute atomic E-state index is 12.9. The van der Waals surface area contributed by atoms with E-state index in [1.165, 1.54) is 148 Å². The molecule has 9 nitrogen and oxygen atoms in total. The van der Waals surface area contributed by atoms with Gasteiger partial charge in [-0.25, -0.2) is 0 Å². The number of unbranched alkanes of at least 4 members (excludes halogenated alkanes) is 26. The summed E-state index contributed by atoms with van der Waals surface area (Å²) in [7, 11) is 0. The van der Waals surface area contributed by atoms with Gasteiger partial charge in [-0.05, 0) is 83.5 Å². The Morgan fingerprint density at radius 2 is 0.879 bits per heavy atom. The van der Waals surface area contributed by atoms with Crippen LogP contribution in [0.5, 0.6) is 0 Å². The van der Waals surface area contributed by atoms with Gasteiger partial charge in [-0.1, -0.05) is 203 Å². The number of aliphatic hydroxyl groups excluding tert-OH is 4. The Balaban J connectivity index is 2.20. The van der Waals surface area contributed by atoms with Crippen molar-refractivity contribution in [3.05, 3.63) is 60.8 Å². The van der Waals surface area contributed by atoms with Crippen molar-refractivity contribution in [2.75, 3.05) is 26.4 Å². The van der Waals surface area contributed by atoms with E-state index in [4.69, 9.17) is 18.9 Å². The maximum atomic E-state index is 12.9. The molecule has 1 heterocycles. The third-order valence-electron chi connectivity index (χ3n) is 12.4. The average molecular weight is 931 g/mol. The van der Waals surface area contributed by atoms with Crippen molar-refractivity contribution in [2.45, 2.75) is 269 Å². The Bertz CT molecular complexity index is 1200. The lowest BCUT2D eigenvalue weighted by Crippen LogP contribution is -2.59. The van der Waals surface area contributed by atoms with Crippen LogP contribution in [0.15, 0.2) is 60.8 Å². The molecular weight excluding hydrogens is 829 g/mol. The smallest absolute Gasteiger partial charge is 0.306 e. The van der Waals surface area contributed by atoms with E-state index in [9.17, 15) is 25.2 Å². The number of hydrogen-bond donors (Lipinski definition) is 4. The second-order valence-corrected chi connectivity index (χ2v) is 18.7. The molecule has 0 aromatic heterocycles. The lowest BCUT2D eigenvalue weighted by atomic mass is 9.99. The molecule has 4 N–H and O–H groups in total. The summed E-state index contributed by atoms with van der Waals surface area (Å²) in [5.74, 6) is -0.321. The third kappa shape index (κ3) is 37.8. The summed E-state index contributed by atoms with van der Waals surface area (Å²) in [6, 6.07) is 0. The molecule has 1 aliphatic heterocycles. The van der Waals surface area contributed by atoms with Gasteiger partial charge in [0, 0.05) is 13.0 Å². The van der Waals surface area contributed by atoms with Crippen LogP contribution in [0, 0.1) is 0 Å². The summed E-state index contributed by atoms with van der Waals surface area (Å²) in [6.45, 7) is 4.53. The van der Waals surface area contributed by atoms with Gasteiger partial charge in [0.1, 0.15) is 30.5 Å². The quantitative estimate of drug-likeness (QED) is 0.0267. The van der Waals surface area contributed by atoms with Crippen LogP contribution in [0.3, 0.4) is 0 Å². The molecule has 384 valence electrons. The van der Waals surface area contributed by atoms with Crippen LogP contribution in [0.2, 0.25) is 0 Å². The van der Waals surface area contributed by atoms with Crippen molar-refractivity contribution < 1.29 is 44.2 Å². The van der Waals surface area contributed by atoms with E-state index in [0.29, 0.717) is 13.0 Å². The monoisotopic (exact) mass is 931 g/mol. The van der Waals surface area contributed by atoms with Crippen LogP contribution < -0.4 is 0 Å². The van der Waals surface area contributed by atoms with E-state index in [0.717, 1.165) is 64.2 Å². The number of allylic oxidation sites excluding steroid dienone is 10. The van der Waals surface area contributed by atoms with Gasteiger partial charge >= 0.3 is 5.97 Å². The Labute approximate surface area is 405 Å². The van der Waals surface area contributed by atoms with Gasteiger partial charge in [0.2, 0.25) is 0 Å². The minimum atomic E-state index is -1.54. The fourth-order valence-corrected chi connectivity index (χ4v) is 8.12. The molecule has 1 fully saturated rings. The summed E-state index contributed by atoms with van der Waals surface area (Å²) in [5.41, 5.74) is 0. The lowest BCUT2D eigenvalue weighted by molar-refractivity contribution is -0.305. The van der Waals surface area contributed by atoms with Gasteiger partial charge in [0.05, 0.1) is 19.8 Å². The van der Waals surface area contributed by atoms with E-state index in [1.807, 2.05) is 0 Å². The highest BCUT2D eigenvalue weighted by molar-refractivity contribution is 5.69. The SMILES string of the molecule is CCCCCCC/C=C\C/C=C\C/C=C\CCCCCCCCCOCC(COC1OC(CO)C(O)C(O)C1O)OC(=O)CCCCCCCCCCC/C=C\C/C=C\CCCCCCC. The normalized spacial score (nSPS) is 19.8. The van der Waals surface area contributed by atoms with Crippen molar-refractivity contribution in [3.63, 3.8) is 0 Å².